The molecule has 5 nitrogen and oxygen atoms in total. The molecular weight excluding hydrogens is 318 g/mol. The van der Waals surface area contributed by atoms with Crippen molar-refractivity contribution >= 4 is 5.97 Å². The van der Waals surface area contributed by atoms with Crippen LogP contribution in [0.15, 0.2) is 47.2 Å². The zero-order chi connectivity index (χ0) is 18.8. The van der Waals surface area contributed by atoms with Crippen LogP contribution in [0.5, 0.6) is 11.5 Å². The summed E-state index contributed by atoms with van der Waals surface area (Å²) in [5, 5.41) is 18.5. The summed E-state index contributed by atoms with van der Waals surface area (Å²) in [6.45, 7) is 8.37. The van der Waals surface area contributed by atoms with Crippen molar-refractivity contribution in [3.63, 3.8) is 0 Å². The van der Waals surface area contributed by atoms with E-state index >= 15 is 0 Å². The van der Waals surface area contributed by atoms with Crippen LogP contribution >= 0.6 is 0 Å². The Bertz CT molecular complexity index is 703. The van der Waals surface area contributed by atoms with E-state index in [1.54, 1.807) is 24.3 Å². The minimum Gasteiger partial charge on any atom is -0.508 e. The summed E-state index contributed by atoms with van der Waals surface area (Å²) >= 11 is 0. The first-order valence-electron chi connectivity index (χ1n) is 8.49. The number of hydrogen-bond donors (Lipinski definition) is 3. The lowest BCUT2D eigenvalue weighted by Gasteiger charge is -2.40. The maximum absolute atomic E-state index is 11.1. The summed E-state index contributed by atoms with van der Waals surface area (Å²) < 4.78 is 6.18. The van der Waals surface area contributed by atoms with Gasteiger partial charge in [-0.2, -0.15) is 0 Å². The molecule has 0 radical (unpaired) electrons. The first-order chi connectivity index (χ1) is 11.6. The van der Waals surface area contributed by atoms with Gasteiger partial charge in [0.1, 0.15) is 23.3 Å². The highest BCUT2D eigenvalue weighted by molar-refractivity contribution is 5.73. The van der Waals surface area contributed by atoms with Crippen molar-refractivity contribution in [1.29, 1.82) is 0 Å². The fourth-order valence-corrected chi connectivity index (χ4v) is 3.22. The molecule has 1 aromatic rings. The first kappa shape index (κ1) is 19.1. The minimum absolute atomic E-state index is 0.193. The topological polar surface area (TPSA) is 92.8 Å². The lowest BCUT2D eigenvalue weighted by molar-refractivity contribution is -0.138. The highest BCUT2D eigenvalue weighted by Crippen LogP contribution is 2.47. The van der Waals surface area contributed by atoms with Crippen LogP contribution in [-0.4, -0.2) is 22.2 Å². The van der Waals surface area contributed by atoms with Crippen LogP contribution in [0, 0.1) is 11.3 Å². The van der Waals surface area contributed by atoms with Gasteiger partial charge in [0.25, 0.3) is 0 Å². The number of aromatic hydroxyl groups is 1. The minimum atomic E-state index is -0.986. The molecule has 0 spiro atoms. The molecule has 0 aromatic heterocycles. The summed E-state index contributed by atoms with van der Waals surface area (Å²) in [5.74, 6) is 1.04. The number of allylic oxidation sites excluding steroid dienone is 3. The molecule has 2 atom stereocenters. The standard InChI is InChI=1S/C20H27NO4/c1-12(2)20(4)11-14(10-17(21)19(23)24)9-13(3)18(20)25-16-7-5-15(22)6-8-16/h5-9,12,17,22H,10-11,21H2,1-4H3,(H,23,24)/t17-,20?/m0/s1. The molecule has 136 valence electrons. The van der Waals surface area contributed by atoms with E-state index in [9.17, 15) is 9.90 Å². The summed E-state index contributed by atoms with van der Waals surface area (Å²) in [6.07, 6.45) is 3.03. The Labute approximate surface area is 148 Å². The van der Waals surface area contributed by atoms with Gasteiger partial charge in [-0.1, -0.05) is 32.4 Å². The maximum Gasteiger partial charge on any atom is 0.320 e. The van der Waals surface area contributed by atoms with Crippen LogP contribution in [-0.2, 0) is 4.79 Å². The van der Waals surface area contributed by atoms with Crippen LogP contribution in [0.2, 0.25) is 0 Å². The molecule has 1 aliphatic rings. The molecule has 0 aliphatic heterocycles. The average Bonchev–Trinajstić information content (AvgIpc) is 2.52. The van der Waals surface area contributed by atoms with Crippen LogP contribution in [0.4, 0.5) is 0 Å². The summed E-state index contributed by atoms with van der Waals surface area (Å²) in [5.41, 5.74) is 7.46. The van der Waals surface area contributed by atoms with Gasteiger partial charge in [0, 0.05) is 5.41 Å². The van der Waals surface area contributed by atoms with Gasteiger partial charge in [-0.25, -0.2) is 0 Å². The molecule has 2 rings (SSSR count). The Kier molecular flexibility index (Phi) is 5.58. The van der Waals surface area contributed by atoms with Crippen LogP contribution in [0.3, 0.4) is 0 Å². The number of ether oxygens (including phenoxy) is 1. The second-order valence-electron chi connectivity index (χ2n) is 7.31. The predicted molar refractivity (Wildman–Crippen MR) is 97.3 cm³/mol. The molecule has 0 bridgehead atoms. The van der Waals surface area contributed by atoms with Gasteiger partial charge >= 0.3 is 5.97 Å². The molecule has 5 heteroatoms. The monoisotopic (exact) mass is 345 g/mol. The third-order valence-electron chi connectivity index (χ3n) is 5.02. The maximum atomic E-state index is 11.1. The number of rotatable bonds is 6. The normalized spacial score (nSPS) is 21.9. The van der Waals surface area contributed by atoms with Crippen molar-refractivity contribution in [2.24, 2.45) is 17.1 Å². The van der Waals surface area contributed by atoms with Gasteiger partial charge in [-0.15, -0.1) is 0 Å². The molecule has 0 saturated heterocycles. The van der Waals surface area contributed by atoms with E-state index in [0.717, 1.165) is 16.9 Å². The van der Waals surface area contributed by atoms with Crippen molar-refractivity contribution < 1.29 is 19.7 Å². The van der Waals surface area contributed by atoms with Crippen molar-refractivity contribution in [1.82, 2.24) is 0 Å². The zero-order valence-electron chi connectivity index (χ0n) is 15.2. The molecule has 0 fully saturated rings. The summed E-state index contributed by atoms with van der Waals surface area (Å²) in [7, 11) is 0. The molecular formula is C20H27NO4. The lowest BCUT2D eigenvalue weighted by atomic mass is 9.68. The van der Waals surface area contributed by atoms with E-state index in [4.69, 9.17) is 15.6 Å². The van der Waals surface area contributed by atoms with E-state index in [1.165, 1.54) is 0 Å². The van der Waals surface area contributed by atoms with Gasteiger partial charge in [-0.05, 0) is 55.5 Å². The van der Waals surface area contributed by atoms with Gasteiger partial charge in [0.15, 0.2) is 0 Å². The van der Waals surface area contributed by atoms with E-state index in [2.05, 4.69) is 20.8 Å². The highest BCUT2D eigenvalue weighted by atomic mass is 16.5. The van der Waals surface area contributed by atoms with Gasteiger partial charge in [0.05, 0.1) is 0 Å². The van der Waals surface area contributed by atoms with Crippen molar-refractivity contribution in [2.75, 3.05) is 0 Å². The van der Waals surface area contributed by atoms with Crippen LogP contribution in [0.1, 0.15) is 40.5 Å². The van der Waals surface area contributed by atoms with Crippen LogP contribution in [0.25, 0.3) is 0 Å². The molecule has 0 amide bonds. The quantitative estimate of drug-likeness (QED) is 0.728. The zero-order valence-corrected chi connectivity index (χ0v) is 15.2. The SMILES string of the molecule is CC1=C(Oc2ccc(O)cc2)C(C)(C(C)C)CC(C[C@H](N)C(=O)O)=C1. The fourth-order valence-electron chi connectivity index (χ4n) is 3.22. The Morgan fingerprint density at radius 3 is 2.44 bits per heavy atom. The Hall–Kier alpha value is -2.27. The number of carboxylic acid groups (broad SMARTS) is 1. The number of aliphatic carboxylic acids is 1. The van der Waals surface area contributed by atoms with Gasteiger partial charge in [-0.3, -0.25) is 4.79 Å². The number of carbonyl (C=O) groups is 1. The first-order valence-corrected chi connectivity index (χ1v) is 8.49. The fraction of sp³-hybridized carbons (Fsp3) is 0.450. The summed E-state index contributed by atoms with van der Waals surface area (Å²) in [6, 6.07) is 5.75. The smallest absolute Gasteiger partial charge is 0.320 e. The van der Waals surface area contributed by atoms with E-state index < -0.39 is 12.0 Å². The average molecular weight is 345 g/mol. The Morgan fingerprint density at radius 2 is 1.92 bits per heavy atom. The van der Waals surface area contributed by atoms with E-state index in [-0.39, 0.29) is 11.2 Å². The summed E-state index contributed by atoms with van der Waals surface area (Å²) in [4.78, 5) is 11.1. The van der Waals surface area contributed by atoms with E-state index in [1.807, 2.05) is 13.0 Å². The van der Waals surface area contributed by atoms with Gasteiger partial charge < -0.3 is 20.7 Å². The number of carboxylic acids is 1. The number of nitrogens with two attached hydrogens (primary N) is 1. The Morgan fingerprint density at radius 1 is 1.32 bits per heavy atom. The lowest BCUT2D eigenvalue weighted by Crippen LogP contribution is -2.35. The molecule has 0 saturated carbocycles. The highest BCUT2D eigenvalue weighted by Gasteiger charge is 2.39. The number of hydrogen-bond acceptors (Lipinski definition) is 4. The number of phenolic OH excluding ortho intramolecular Hbond substituents is 1. The molecule has 4 N–H and O–H groups in total. The molecule has 1 aromatic carbocycles. The number of benzene rings is 1. The van der Waals surface area contributed by atoms with Crippen molar-refractivity contribution in [3.8, 4) is 11.5 Å². The molecule has 25 heavy (non-hydrogen) atoms. The molecule has 1 unspecified atom stereocenters. The van der Waals surface area contributed by atoms with E-state index in [0.29, 0.717) is 24.5 Å². The molecule has 0 heterocycles. The third kappa shape index (κ3) is 4.23. The molecule has 1 aliphatic carbocycles. The van der Waals surface area contributed by atoms with Crippen LogP contribution < -0.4 is 10.5 Å². The van der Waals surface area contributed by atoms with Crippen molar-refractivity contribution in [2.45, 2.75) is 46.6 Å². The number of phenols is 1. The largest absolute Gasteiger partial charge is 0.508 e. The van der Waals surface area contributed by atoms with Gasteiger partial charge in [0.2, 0.25) is 0 Å². The predicted octanol–water partition coefficient (Wildman–Crippen LogP) is 3.84. The van der Waals surface area contributed by atoms with Crippen molar-refractivity contribution in [3.05, 3.63) is 47.2 Å². The second-order valence-corrected chi connectivity index (χ2v) is 7.31. The second kappa shape index (κ2) is 7.31. The third-order valence-corrected chi connectivity index (χ3v) is 5.02. The Balaban J connectivity index is 2.36.